The van der Waals surface area contributed by atoms with Gasteiger partial charge in [-0.15, -0.1) is 0 Å². The van der Waals surface area contributed by atoms with E-state index in [0.717, 1.165) is 22.7 Å². The van der Waals surface area contributed by atoms with Gasteiger partial charge in [0.15, 0.2) is 0 Å². The second-order valence-corrected chi connectivity index (χ2v) is 5.13. The molecule has 0 aliphatic rings. The Hall–Kier alpha value is -2.82. The van der Waals surface area contributed by atoms with E-state index < -0.39 is 0 Å². The van der Waals surface area contributed by atoms with Crippen LogP contribution in [0.15, 0.2) is 59.7 Å². The molecule has 120 valence electrons. The van der Waals surface area contributed by atoms with Crippen LogP contribution in [0.5, 0.6) is 5.75 Å². The predicted molar refractivity (Wildman–Crippen MR) is 92.9 cm³/mol. The number of rotatable bonds is 7. The highest BCUT2D eigenvalue weighted by Crippen LogP contribution is 2.11. The fraction of sp³-hybridized carbons (Fsp3) is 0.222. The van der Waals surface area contributed by atoms with Crippen molar-refractivity contribution in [3.05, 3.63) is 60.2 Å². The van der Waals surface area contributed by atoms with Crippen LogP contribution in [0.2, 0.25) is 0 Å². The number of hydrazone groups is 1. The van der Waals surface area contributed by atoms with E-state index in [9.17, 15) is 4.79 Å². The normalized spacial score (nSPS) is 11.0. The third kappa shape index (κ3) is 5.82. The summed E-state index contributed by atoms with van der Waals surface area (Å²) in [5, 5.41) is 7.16. The highest BCUT2D eigenvalue weighted by molar-refractivity contribution is 5.87. The maximum Gasteiger partial charge on any atom is 0.259 e. The van der Waals surface area contributed by atoms with Crippen molar-refractivity contribution < 1.29 is 9.53 Å². The van der Waals surface area contributed by atoms with Gasteiger partial charge in [-0.1, -0.05) is 30.3 Å². The molecule has 0 bridgehead atoms. The van der Waals surface area contributed by atoms with Crippen LogP contribution in [0.25, 0.3) is 0 Å². The van der Waals surface area contributed by atoms with E-state index in [1.54, 1.807) is 7.11 Å². The second kappa shape index (κ2) is 8.58. The lowest BCUT2D eigenvalue weighted by Crippen LogP contribution is -2.26. The molecule has 0 saturated carbocycles. The molecule has 2 aromatic rings. The third-order valence-electron chi connectivity index (χ3n) is 3.22. The van der Waals surface area contributed by atoms with Gasteiger partial charge in [0.1, 0.15) is 5.75 Å². The van der Waals surface area contributed by atoms with Crippen molar-refractivity contribution in [2.75, 3.05) is 19.0 Å². The number of anilines is 1. The zero-order valence-electron chi connectivity index (χ0n) is 13.4. The molecule has 0 aliphatic carbocycles. The van der Waals surface area contributed by atoms with Crippen LogP contribution in [0.4, 0.5) is 5.69 Å². The maximum atomic E-state index is 11.8. The molecule has 2 aromatic carbocycles. The van der Waals surface area contributed by atoms with Crippen LogP contribution in [0.3, 0.4) is 0 Å². The molecule has 0 radical (unpaired) electrons. The molecule has 0 unspecified atom stereocenters. The molecule has 1 amide bonds. The van der Waals surface area contributed by atoms with E-state index in [2.05, 4.69) is 15.8 Å². The van der Waals surface area contributed by atoms with Gasteiger partial charge < -0.3 is 10.1 Å². The first-order chi connectivity index (χ1) is 11.2. The molecule has 0 heterocycles. The second-order valence-electron chi connectivity index (χ2n) is 5.13. The predicted octanol–water partition coefficient (Wildman–Crippen LogP) is 2.84. The summed E-state index contributed by atoms with van der Waals surface area (Å²) in [5.41, 5.74) is 5.41. The van der Waals surface area contributed by atoms with Crippen molar-refractivity contribution in [3.8, 4) is 5.75 Å². The Morgan fingerprint density at radius 3 is 2.43 bits per heavy atom. The number of nitrogens with zero attached hydrogens (tertiary/aromatic N) is 1. The minimum absolute atomic E-state index is 0.178. The number of amides is 1. The van der Waals surface area contributed by atoms with Gasteiger partial charge in [0.05, 0.1) is 13.7 Å². The van der Waals surface area contributed by atoms with E-state index in [1.165, 1.54) is 0 Å². The highest BCUT2D eigenvalue weighted by atomic mass is 16.5. The fourth-order valence-corrected chi connectivity index (χ4v) is 2.01. The van der Waals surface area contributed by atoms with E-state index in [0.29, 0.717) is 6.42 Å². The Kier molecular flexibility index (Phi) is 6.17. The van der Waals surface area contributed by atoms with Gasteiger partial charge >= 0.3 is 0 Å². The average Bonchev–Trinajstić information content (AvgIpc) is 2.60. The van der Waals surface area contributed by atoms with Gasteiger partial charge in [0.25, 0.3) is 5.91 Å². The lowest BCUT2D eigenvalue weighted by molar-refractivity contribution is -0.119. The van der Waals surface area contributed by atoms with Crippen molar-refractivity contribution in [1.82, 2.24) is 5.43 Å². The van der Waals surface area contributed by atoms with Crippen molar-refractivity contribution in [3.63, 3.8) is 0 Å². The molecule has 0 atom stereocenters. The van der Waals surface area contributed by atoms with E-state index in [1.807, 2.05) is 61.5 Å². The van der Waals surface area contributed by atoms with Gasteiger partial charge in [-0.05, 0) is 36.8 Å². The quantitative estimate of drug-likeness (QED) is 0.610. The van der Waals surface area contributed by atoms with Gasteiger partial charge in [0.2, 0.25) is 0 Å². The van der Waals surface area contributed by atoms with E-state index >= 15 is 0 Å². The maximum absolute atomic E-state index is 11.8. The molecule has 0 spiro atoms. The Balaban J connectivity index is 1.77. The van der Waals surface area contributed by atoms with Crippen LogP contribution >= 0.6 is 0 Å². The monoisotopic (exact) mass is 311 g/mol. The lowest BCUT2D eigenvalue weighted by Gasteiger charge is -2.06. The molecule has 0 fully saturated rings. The summed E-state index contributed by atoms with van der Waals surface area (Å²) in [6.45, 7) is 2.07. The molecule has 5 heteroatoms. The molecule has 5 nitrogen and oxygen atoms in total. The largest absolute Gasteiger partial charge is 0.497 e. The number of methoxy groups -OCH3 is 1. The van der Waals surface area contributed by atoms with Gasteiger partial charge in [-0.3, -0.25) is 4.79 Å². The molecule has 2 N–H and O–H groups in total. The molecule has 0 aliphatic heterocycles. The molecule has 23 heavy (non-hydrogen) atoms. The van der Waals surface area contributed by atoms with Crippen molar-refractivity contribution >= 4 is 17.3 Å². The summed E-state index contributed by atoms with van der Waals surface area (Å²) in [4.78, 5) is 11.8. The third-order valence-corrected chi connectivity index (χ3v) is 3.22. The summed E-state index contributed by atoms with van der Waals surface area (Å²) >= 11 is 0. The van der Waals surface area contributed by atoms with Crippen molar-refractivity contribution in [1.29, 1.82) is 0 Å². The van der Waals surface area contributed by atoms with Crippen LogP contribution in [-0.2, 0) is 11.2 Å². The van der Waals surface area contributed by atoms with E-state index in [4.69, 9.17) is 4.74 Å². The smallest absolute Gasteiger partial charge is 0.259 e. The van der Waals surface area contributed by atoms with Crippen LogP contribution < -0.4 is 15.5 Å². The summed E-state index contributed by atoms with van der Waals surface area (Å²) in [5.74, 6) is 0.645. The first kappa shape index (κ1) is 16.5. The highest BCUT2D eigenvalue weighted by Gasteiger charge is 2.01. The molecular formula is C18H21N3O2. The van der Waals surface area contributed by atoms with Gasteiger partial charge in [0, 0.05) is 17.8 Å². The molecular weight excluding hydrogens is 290 g/mol. The van der Waals surface area contributed by atoms with Crippen molar-refractivity contribution in [2.45, 2.75) is 13.3 Å². The molecule has 0 saturated heterocycles. The Morgan fingerprint density at radius 1 is 1.09 bits per heavy atom. The number of hydrogen-bond acceptors (Lipinski definition) is 4. The zero-order valence-corrected chi connectivity index (χ0v) is 13.4. The number of carbonyl (C=O) groups excluding carboxylic acids is 1. The van der Waals surface area contributed by atoms with Crippen molar-refractivity contribution in [2.24, 2.45) is 5.10 Å². The van der Waals surface area contributed by atoms with Crippen LogP contribution in [-0.4, -0.2) is 25.3 Å². The minimum Gasteiger partial charge on any atom is -0.497 e. The summed E-state index contributed by atoms with van der Waals surface area (Å²) in [6, 6.07) is 17.4. The first-order valence-corrected chi connectivity index (χ1v) is 7.41. The number of para-hydroxylation sites is 1. The Bertz CT molecular complexity index is 652. The Labute approximate surface area is 136 Å². The van der Waals surface area contributed by atoms with Crippen LogP contribution in [0.1, 0.15) is 12.5 Å². The van der Waals surface area contributed by atoms with Gasteiger partial charge in [-0.25, -0.2) is 5.43 Å². The number of benzene rings is 2. The fourth-order valence-electron chi connectivity index (χ4n) is 2.01. The first-order valence-electron chi connectivity index (χ1n) is 7.41. The SMILES string of the molecule is COc1ccc(C/C(C)=N\NC(=O)CNc2ccccc2)cc1. The lowest BCUT2D eigenvalue weighted by atomic mass is 10.1. The minimum atomic E-state index is -0.178. The van der Waals surface area contributed by atoms with Gasteiger partial charge in [-0.2, -0.15) is 5.10 Å². The number of hydrogen-bond donors (Lipinski definition) is 2. The summed E-state index contributed by atoms with van der Waals surface area (Å²) in [6.07, 6.45) is 0.677. The molecule has 0 aromatic heterocycles. The Morgan fingerprint density at radius 2 is 1.78 bits per heavy atom. The summed E-state index contributed by atoms with van der Waals surface area (Å²) < 4.78 is 5.12. The standard InChI is InChI=1S/C18H21N3O2/c1-14(12-15-8-10-17(23-2)11-9-15)20-21-18(22)13-19-16-6-4-3-5-7-16/h3-11,19H,12-13H2,1-2H3,(H,21,22)/b20-14-. The number of nitrogens with one attached hydrogen (secondary N) is 2. The summed E-state index contributed by atoms with van der Waals surface area (Å²) in [7, 11) is 1.64. The number of ether oxygens (including phenoxy) is 1. The molecule has 2 rings (SSSR count). The number of carbonyl (C=O) groups is 1. The zero-order chi connectivity index (χ0) is 16.5. The topological polar surface area (TPSA) is 62.7 Å². The van der Waals surface area contributed by atoms with E-state index in [-0.39, 0.29) is 12.5 Å². The van der Waals surface area contributed by atoms with Crippen LogP contribution in [0, 0.1) is 0 Å². The average molecular weight is 311 g/mol.